The highest BCUT2D eigenvalue weighted by Crippen LogP contribution is 2.23. The number of hydrogen-bond donors (Lipinski definition) is 1. The molecule has 0 spiro atoms. The fraction of sp³-hybridized carbons (Fsp3) is 0.417. The van der Waals surface area contributed by atoms with Crippen LogP contribution in [0.25, 0.3) is 0 Å². The average Bonchev–Trinajstić information content (AvgIpc) is 2.68. The van der Waals surface area contributed by atoms with Crippen molar-refractivity contribution in [1.29, 1.82) is 0 Å². The Morgan fingerprint density at radius 1 is 1.09 bits per heavy atom. The summed E-state index contributed by atoms with van der Waals surface area (Å²) < 4.78 is 26.1. The van der Waals surface area contributed by atoms with Gasteiger partial charge in [-0.25, -0.2) is 8.42 Å². The number of nitrogens with one attached hydrogen (secondary N) is 1. The van der Waals surface area contributed by atoms with Crippen LogP contribution in [0.5, 0.6) is 0 Å². The molecule has 2 aromatic carbocycles. The highest BCUT2D eigenvalue weighted by molar-refractivity contribution is 7.92. The number of aryl methyl sites for hydroxylation is 1. The highest BCUT2D eigenvalue weighted by Gasteiger charge is 2.31. The molecule has 180 valence electrons. The van der Waals surface area contributed by atoms with E-state index >= 15 is 0 Å². The van der Waals surface area contributed by atoms with Gasteiger partial charge in [0.2, 0.25) is 21.8 Å². The van der Waals surface area contributed by atoms with Gasteiger partial charge in [0.25, 0.3) is 0 Å². The molecule has 9 heteroatoms. The van der Waals surface area contributed by atoms with Crippen LogP contribution in [-0.4, -0.2) is 49.5 Å². The number of amides is 2. The van der Waals surface area contributed by atoms with Crippen LogP contribution < -0.4 is 9.62 Å². The van der Waals surface area contributed by atoms with Crippen molar-refractivity contribution in [3.05, 3.63) is 64.7 Å². The zero-order chi connectivity index (χ0) is 25.0. The van der Waals surface area contributed by atoms with Gasteiger partial charge in [-0.1, -0.05) is 41.9 Å². The minimum atomic E-state index is -3.79. The van der Waals surface area contributed by atoms with E-state index < -0.39 is 34.1 Å². The lowest BCUT2D eigenvalue weighted by Gasteiger charge is -2.33. The molecule has 2 amide bonds. The molecule has 7 nitrogen and oxygen atoms in total. The van der Waals surface area contributed by atoms with E-state index in [1.165, 1.54) is 11.0 Å². The van der Waals surface area contributed by atoms with Gasteiger partial charge in [-0.2, -0.15) is 0 Å². The van der Waals surface area contributed by atoms with E-state index in [4.69, 9.17) is 11.6 Å². The molecular weight excluding hydrogens is 462 g/mol. The van der Waals surface area contributed by atoms with Crippen LogP contribution in [0.4, 0.5) is 5.69 Å². The zero-order valence-electron chi connectivity index (χ0n) is 19.9. The molecule has 0 fully saturated rings. The molecule has 0 radical (unpaired) electrons. The number of rotatable bonds is 8. The van der Waals surface area contributed by atoms with Gasteiger partial charge in [0.15, 0.2) is 0 Å². The van der Waals surface area contributed by atoms with Gasteiger partial charge in [0.05, 0.1) is 11.9 Å². The molecule has 0 aliphatic rings. The van der Waals surface area contributed by atoms with Crippen molar-refractivity contribution in [1.82, 2.24) is 10.2 Å². The third kappa shape index (κ3) is 7.75. The predicted molar refractivity (Wildman–Crippen MR) is 133 cm³/mol. The van der Waals surface area contributed by atoms with Crippen molar-refractivity contribution in [3.63, 3.8) is 0 Å². The van der Waals surface area contributed by atoms with Crippen molar-refractivity contribution in [3.8, 4) is 0 Å². The number of sulfonamides is 1. The zero-order valence-corrected chi connectivity index (χ0v) is 21.5. The molecule has 33 heavy (non-hydrogen) atoms. The third-order valence-electron chi connectivity index (χ3n) is 5.04. The fourth-order valence-electron chi connectivity index (χ4n) is 3.27. The first kappa shape index (κ1) is 26.7. The first-order chi connectivity index (χ1) is 15.2. The molecule has 0 saturated heterocycles. The van der Waals surface area contributed by atoms with Crippen molar-refractivity contribution in [2.75, 3.05) is 17.1 Å². The van der Waals surface area contributed by atoms with Crippen LogP contribution in [0.1, 0.15) is 38.8 Å². The van der Waals surface area contributed by atoms with Crippen LogP contribution in [0.3, 0.4) is 0 Å². The van der Waals surface area contributed by atoms with Gasteiger partial charge in [-0.05, 0) is 63.9 Å². The number of carbonyl (C=O) groups excluding carboxylic acids is 2. The maximum atomic E-state index is 13.5. The molecule has 2 rings (SSSR count). The van der Waals surface area contributed by atoms with Gasteiger partial charge >= 0.3 is 0 Å². The van der Waals surface area contributed by atoms with Crippen LogP contribution in [0.15, 0.2) is 48.5 Å². The summed E-state index contributed by atoms with van der Waals surface area (Å²) in [6, 6.07) is 13.0. The Morgan fingerprint density at radius 3 is 2.27 bits per heavy atom. The van der Waals surface area contributed by atoms with E-state index in [-0.39, 0.29) is 18.1 Å². The minimum absolute atomic E-state index is 0.164. The molecule has 0 heterocycles. The monoisotopic (exact) mass is 493 g/mol. The Balaban J connectivity index is 2.42. The van der Waals surface area contributed by atoms with E-state index in [9.17, 15) is 18.0 Å². The molecule has 2 aromatic rings. The summed E-state index contributed by atoms with van der Waals surface area (Å²) in [5, 5.41) is 3.25. The van der Waals surface area contributed by atoms with Crippen molar-refractivity contribution >= 4 is 39.1 Å². The number of benzene rings is 2. The number of halogens is 1. The van der Waals surface area contributed by atoms with E-state index in [2.05, 4.69) is 5.32 Å². The molecule has 0 saturated carbocycles. The Morgan fingerprint density at radius 2 is 1.73 bits per heavy atom. The van der Waals surface area contributed by atoms with Crippen LogP contribution in [-0.2, 0) is 26.2 Å². The molecule has 0 aliphatic heterocycles. The van der Waals surface area contributed by atoms with Crippen molar-refractivity contribution in [2.45, 2.75) is 52.7 Å². The summed E-state index contributed by atoms with van der Waals surface area (Å²) in [6.07, 6.45) is 1.03. The smallest absolute Gasteiger partial charge is 0.244 e. The van der Waals surface area contributed by atoms with E-state index in [1.54, 1.807) is 25.1 Å². The summed E-state index contributed by atoms with van der Waals surface area (Å²) in [6.45, 7) is 8.84. The van der Waals surface area contributed by atoms with Crippen molar-refractivity contribution in [2.24, 2.45) is 0 Å². The lowest BCUT2D eigenvalue weighted by molar-refractivity contribution is -0.140. The second-order valence-electron chi connectivity index (χ2n) is 9.11. The number of anilines is 1. The Kier molecular flexibility index (Phi) is 8.54. The Hall–Kier alpha value is -2.58. The first-order valence-corrected chi connectivity index (χ1v) is 12.8. The second kappa shape index (κ2) is 10.6. The summed E-state index contributed by atoms with van der Waals surface area (Å²) in [5.74, 6) is -0.821. The number of hydrogen-bond acceptors (Lipinski definition) is 4. The number of carbonyl (C=O) groups is 2. The average molecular weight is 494 g/mol. The molecule has 1 atom stereocenters. The molecule has 0 aliphatic carbocycles. The Labute approximate surface area is 201 Å². The summed E-state index contributed by atoms with van der Waals surface area (Å²) in [7, 11) is -3.79. The van der Waals surface area contributed by atoms with Crippen LogP contribution >= 0.6 is 11.6 Å². The highest BCUT2D eigenvalue weighted by atomic mass is 35.5. The van der Waals surface area contributed by atoms with Crippen LogP contribution in [0, 0.1) is 6.92 Å². The fourth-order valence-corrected chi connectivity index (χ4v) is 4.30. The molecule has 0 bridgehead atoms. The quantitative estimate of drug-likeness (QED) is 0.606. The summed E-state index contributed by atoms with van der Waals surface area (Å²) >= 11 is 6.05. The summed E-state index contributed by atoms with van der Waals surface area (Å²) in [5.41, 5.74) is 1.63. The molecule has 0 aromatic heterocycles. The maximum absolute atomic E-state index is 13.5. The minimum Gasteiger partial charge on any atom is -0.350 e. The van der Waals surface area contributed by atoms with Gasteiger partial charge in [0.1, 0.15) is 12.6 Å². The van der Waals surface area contributed by atoms with Gasteiger partial charge in [-0.3, -0.25) is 13.9 Å². The normalized spacial score (nSPS) is 12.7. The maximum Gasteiger partial charge on any atom is 0.244 e. The first-order valence-electron chi connectivity index (χ1n) is 10.6. The SMILES string of the molecule is Cc1ccccc1CN(C(=O)CN(c1cccc(Cl)c1)S(C)(=O)=O)C(C)C(=O)NC(C)(C)C. The second-order valence-corrected chi connectivity index (χ2v) is 11.5. The van der Waals surface area contributed by atoms with Gasteiger partial charge < -0.3 is 10.2 Å². The van der Waals surface area contributed by atoms with Crippen LogP contribution in [0.2, 0.25) is 5.02 Å². The van der Waals surface area contributed by atoms with Gasteiger partial charge in [-0.15, -0.1) is 0 Å². The lowest BCUT2D eigenvalue weighted by Crippen LogP contribution is -2.54. The largest absolute Gasteiger partial charge is 0.350 e. The van der Waals surface area contributed by atoms with E-state index in [1.807, 2.05) is 52.0 Å². The lowest BCUT2D eigenvalue weighted by atomic mass is 10.1. The molecular formula is C24H32ClN3O4S. The van der Waals surface area contributed by atoms with Gasteiger partial charge in [0, 0.05) is 17.1 Å². The standard InChI is InChI=1S/C24H32ClN3O4S/c1-17-10-7-8-11-19(17)15-27(18(2)23(30)26-24(3,4)5)22(29)16-28(33(6,31)32)21-13-9-12-20(25)14-21/h7-14,18H,15-16H2,1-6H3,(H,26,30). The molecule has 1 unspecified atom stereocenters. The third-order valence-corrected chi connectivity index (χ3v) is 6.42. The summed E-state index contributed by atoms with van der Waals surface area (Å²) in [4.78, 5) is 27.8. The predicted octanol–water partition coefficient (Wildman–Crippen LogP) is 3.75. The topological polar surface area (TPSA) is 86.8 Å². The number of nitrogens with zero attached hydrogens (tertiary/aromatic N) is 2. The Bertz CT molecular complexity index is 1110. The van der Waals surface area contributed by atoms with E-state index in [0.717, 1.165) is 21.7 Å². The van der Waals surface area contributed by atoms with Crippen molar-refractivity contribution < 1.29 is 18.0 Å². The van der Waals surface area contributed by atoms with E-state index in [0.29, 0.717) is 5.02 Å². The molecule has 1 N–H and O–H groups in total.